The van der Waals surface area contributed by atoms with Crippen molar-refractivity contribution in [1.82, 2.24) is 9.78 Å². The molecule has 0 spiro atoms. The number of nitrogens with zero attached hydrogens (tertiary/aromatic N) is 2. The van der Waals surface area contributed by atoms with E-state index >= 15 is 0 Å². The Hall–Kier alpha value is 0.274. The number of hydrogen-bond donors (Lipinski definition) is 1. The average molecular weight is 284 g/mol. The van der Waals surface area contributed by atoms with E-state index in [9.17, 15) is 5.11 Å². The first-order chi connectivity index (χ1) is 6.29. The standard InChI is InChI=1S/C11H19N2O.Y/c1-8(2)10-6-9(3)13(12-10)7-11(4,5)14;/h8,14H,7H2,1-5H3;/q-1;. The molecule has 0 aliphatic heterocycles. The third kappa shape index (κ3) is 4.75. The van der Waals surface area contributed by atoms with Gasteiger partial charge in [0.05, 0.1) is 12.1 Å². The van der Waals surface area contributed by atoms with Crippen LogP contribution in [0.3, 0.4) is 0 Å². The van der Waals surface area contributed by atoms with E-state index in [4.69, 9.17) is 0 Å². The third-order valence-corrected chi connectivity index (χ3v) is 2.01. The van der Waals surface area contributed by atoms with Gasteiger partial charge in [-0.15, -0.1) is 11.4 Å². The predicted molar refractivity (Wildman–Crippen MR) is 56.2 cm³/mol. The van der Waals surface area contributed by atoms with Crippen molar-refractivity contribution in [2.24, 2.45) is 0 Å². The van der Waals surface area contributed by atoms with Crippen LogP contribution in [0, 0.1) is 13.0 Å². The molecule has 0 unspecified atom stereocenters. The molecular formula is C11H19N2OY-. The molecule has 0 amide bonds. The van der Waals surface area contributed by atoms with Crippen molar-refractivity contribution in [2.45, 2.75) is 52.7 Å². The molecule has 0 atom stereocenters. The van der Waals surface area contributed by atoms with Gasteiger partial charge in [0.25, 0.3) is 0 Å². The molecule has 15 heavy (non-hydrogen) atoms. The summed E-state index contributed by atoms with van der Waals surface area (Å²) in [6.45, 7) is 10.2. The normalized spacial score (nSPS) is 11.7. The number of aliphatic hydroxyl groups is 1. The summed E-state index contributed by atoms with van der Waals surface area (Å²) >= 11 is 0. The molecule has 1 aromatic rings. The van der Waals surface area contributed by atoms with Crippen LogP contribution >= 0.6 is 0 Å². The van der Waals surface area contributed by atoms with E-state index in [-0.39, 0.29) is 32.7 Å². The van der Waals surface area contributed by atoms with Crippen molar-refractivity contribution in [3.8, 4) is 0 Å². The second-order valence-corrected chi connectivity index (χ2v) is 4.72. The van der Waals surface area contributed by atoms with E-state index in [1.165, 1.54) is 0 Å². The summed E-state index contributed by atoms with van der Waals surface area (Å²) in [5, 5.41) is 14.1. The summed E-state index contributed by atoms with van der Waals surface area (Å²) in [5.41, 5.74) is 1.22. The largest absolute Gasteiger partial charge is 0.425 e. The van der Waals surface area contributed by atoms with Crippen LogP contribution < -0.4 is 0 Å². The number of rotatable bonds is 3. The van der Waals surface area contributed by atoms with E-state index in [2.05, 4.69) is 25.0 Å². The minimum Gasteiger partial charge on any atom is -0.425 e. The van der Waals surface area contributed by atoms with Crippen molar-refractivity contribution >= 4 is 0 Å². The molecule has 1 N–H and O–H groups in total. The molecular weight excluding hydrogens is 265 g/mol. The summed E-state index contributed by atoms with van der Waals surface area (Å²) in [7, 11) is 0. The second kappa shape index (κ2) is 5.56. The fourth-order valence-corrected chi connectivity index (χ4v) is 1.26. The summed E-state index contributed by atoms with van der Waals surface area (Å²) < 4.78 is 1.81. The Morgan fingerprint density at radius 2 is 2.00 bits per heavy atom. The van der Waals surface area contributed by atoms with Gasteiger partial charge in [-0.3, -0.25) is 0 Å². The van der Waals surface area contributed by atoms with Gasteiger partial charge < -0.3 is 15.9 Å². The first-order valence-corrected chi connectivity index (χ1v) is 4.98. The van der Waals surface area contributed by atoms with Crippen LogP contribution in [0.15, 0.2) is 0 Å². The van der Waals surface area contributed by atoms with Crippen molar-refractivity contribution in [3.05, 3.63) is 17.5 Å². The quantitative estimate of drug-likeness (QED) is 0.861. The molecule has 0 bridgehead atoms. The number of aryl methyl sites for hydroxylation is 1. The molecule has 4 heteroatoms. The first kappa shape index (κ1) is 15.3. The third-order valence-electron chi connectivity index (χ3n) is 2.01. The fraction of sp³-hybridized carbons (Fsp3) is 0.727. The predicted octanol–water partition coefficient (Wildman–Crippen LogP) is 1.88. The van der Waals surface area contributed by atoms with Crippen LogP contribution in [0.25, 0.3) is 0 Å². The van der Waals surface area contributed by atoms with E-state index in [0.29, 0.717) is 12.5 Å². The first-order valence-electron chi connectivity index (χ1n) is 4.98. The molecule has 0 saturated heterocycles. The van der Waals surface area contributed by atoms with Gasteiger partial charge in [0.1, 0.15) is 0 Å². The molecule has 1 radical (unpaired) electrons. The Kier molecular flexibility index (Phi) is 5.66. The number of hydrogen-bond acceptors (Lipinski definition) is 2. The van der Waals surface area contributed by atoms with Crippen LogP contribution in [-0.4, -0.2) is 20.5 Å². The maximum atomic E-state index is 9.67. The van der Waals surface area contributed by atoms with Gasteiger partial charge in [-0.2, -0.15) is 0 Å². The Bertz CT molecular complexity index is 313. The molecule has 1 aromatic heterocycles. The maximum Gasteiger partial charge on any atom is 0.0785 e. The van der Waals surface area contributed by atoms with E-state index in [1.807, 2.05) is 11.6 Å². The molecule has 3 nitrogen and oxygen atoms in total. The molecule has 1 heterocycles. The molecule has 0 aromatic carbocycles. The molecule has 83 valence electrons. The average Bonchev–Trinajstić information content (AvgIpc) is 2.29. The van der Waals surface area contributed by atoms with E-state index in [0.717, 1.165) is 11.4 Å². The van der Waals surface area contributed by atoms with Gasteiger partial charge in [-0.1, -0.05) is 20.8 Å². The molecule has 0 saturated carbocycles. The van der Waals surface area contributed by atoms with Crippen molar-refractivity contribution in [2.75, 3.05) is 0 Å². The summed E-state index contributed by atoms with van der Waals surface area (Å²) in [4.78, 5) is 0. The minimum absolute atomic E-state index is 0. The Morgan fingerprint density at radius 3 is 2.33 bits per heavy atom. The van der Waals surface area contributed by atoms with Gasteiger partial charge >= 0.3 is 0 Å². The molecule has 0 fully saturated rings. The topological polar surface area (TPSA) is 38.0 Å². The summed E-state index contributed by atoms with van der Waals surface area (Å²) in [5.74, 6) is 0.386. The fourth-order valence-electron chi connectivity index (χ4n) is 1.26. The zero-order valence-corrected chi connectivity index (χ0v) is 13.0. The monoisotopic (exact) mass is 284 g/mol. The van der Waals surface area contributed by atoms with Gasteiger partial charge in [0, 0.05) is 32.7 Å². The SMILES string of the molecule is Cc1[c-]c(C(C)C)nn1CC(C)(C)O.[Y]. The zero-order valence-electron chi connectivity index (χ0n) is 10.2. The van der Waals surface area contributed by atoms with Gasteiger partial charge in [0.2, 0.25) is 0 Å². The van der Waals surface area contributed by atoms with E-state index in [1.54, 1.807) is 13.8 Å². The van der Waals surface area contributed by atoms with Crippen LogP contribution in [0.2, 0.25) is 0 Å². The van der Waals surface area contributed by atoms with Gasteiger partial charge in [-0.05, 0) is 19.8 Å². The Labute approximate surface area is 117 Å². The smallest absolute Gasteiger partial charge is 0.0785 e. The van der Waals surface area contributed by atoms with Gasteiger partial charge in [-0.25, -0.2) is 5.10 Å². The Morgan fingerprint density at radius 1 is 1.47 bits per heavy atom. The van der Waals surface area contributed by atoms with Crippen LogP contribution in [0.1, 0.15) is 45.0 Å². The van der Waals surface area contributed by atoms with Crippen LogP contribution in [-0.2, 0) is 39.3 Å². The second-order valence-electron chi connectivity index (χ2n) is 4.72. The minimum atomic E-state index is -0.723. The molecule has 1 rings (SSSR count). The molecule has 0 aliphatic rings. The summed E-state index contributed by atoms with van der Waals surface area (Å²) in [6, 6.07) is 3.21. The van der Waals surface area contributed by atoms with Crippen LogP contribution in [0.5, 0.6) is 0 Å². The van der Waals surface area contributed by atoms with Crippen molar-refractivity contribution in [3.63, 3.8) is 0 Å². The van der Waals surface area contributed by atoms with Gasteiger partial charge in [0.15, 0.2) is 0 Å². The Balaban J connectivity index is 0.00000196. The number of aromatic nitrogens is 2. The maximum absolute atomic E-state index is 9.67. The summed E-state index contributed by atoms with van der Waals surface area (Å²) in [6.07, 6.45) is 0. The molecule has 0 aliphatic carbocycles. The zero-order chi connectivity index (χ0) is 10.9. The van der Waals surface area contributed by atoms with Crippen molar-refractivity contribution < 1.29 is 37.8 Å². The van der Waals surface area contributed by atoms with Crippen molar-refractivity contribution in [1.29, 1.82) is 0 Å². The van der Waals surface area contributed by atoms with Crippen LogP contribution in [0.4, 0.5) is 0 Å². The van der Waals surface area contributed by atoms with E-state index < -0.39 is 5.60 Å².